The highest BCUT2D eigenvalue weighted by atomic mass is 32.2. The number of amides is 2. The van der Waals surface area contributed by atoms with Crippen LogP contribution in [0.1, 0.15) is 26.4 Å². The molecular weight excluding hydrogens is 394 g/mol. The molecule has 29 heavy (non-hydrogen) atoms. The molecule has 9 nitrogen and oxygen atoms in total. The molecule has 0 radical (unpaired) electrons. The Labute approximate surface area is 167 Å². The molecule has 0 aliphatic heterocycles. The molecule has 0 aliphatic carbocycles. The lowest BCUT2D eigenvalue weighted by Crippen LogP contribution is -2.31. The summed E-state index contributed by atoms with van der Waals surface area (Å²) in [6.45, 7) is 1.84. The summed E-state index contributed by atoms with van der Waals surface area (Å²) >= 11 is 0. The molecule has 1 aromatic carbocycles. The predicted molar refractivity (Wildman–Crippen MR) is 108 cm³/mol. The van der Waals surface area contributed by atoms with E-state index in [1.165, 1.54) is 17.9 Å². The Balaban J connectivity index is 1.85. The van der Waals surface area contributed by atoms with Crippen LogP contribution in [0.2, 0.25) is 0 Å². The number of nitrogens with zero attached hydrogens (tertiary/aromatic N) is 3. The van der Waals surface area contributed by atoms with Crippen molar-refractivity contribution in [2.75, 3.05) is 11.6 Å². The van der Waals surface area contributed by atoms with Crippen LogP contribution in [-0.4, -0.2) is 41.3 Å². The van der Waals surface area contributed by atoms with Gasteiger partial charge in [-0.05, 0) is 36.2 Å². The van der Waals surface area contributed by atoms with Crippen LogP contribution in [0.15, 0.2) is 48.8 Å². The molecule has 3 rings (SSSR count). The number of rotatable bonds is 5. The molecule has 0 spiro atoms. The van der Waals surface area contributed by atoms with Crippen LogP contribution in [0, 0.1) is 6.92 Å². The van der Waals surface area contributed by atoms with Gasteiger partial charge in [0.25, 0.3) is 11.8 Å². The lowest BCUT2D eigenvalue weighted by Gasteiger charge is -2.09. The van der Waals surface area contributed by atoms with Crippen LogP contribution in [-0.2, 0) is 17.1 Å². The second kappa shape index (κ2) is 7.84. The summed E-state index contributed by atoms with van der Waals surface area (Å²) < 4.78 is 26.0. The minimum absolute atomic E-state index is 0.0942. The first-order chi connectivity index (χ1) is 13.7. The molecule has 0 fully saturated rings. The van der Waals surface area contributed by atoms with E-state index >= 15 is 0 Å². The van der Waals surface area contributed by atoms with Crippen LogP contribution >= 0.6 is 0 Å². The van der Waals surface area contributed by atoms with E-state index in [0.717, 1.165) is 11.8 Å². The van der Waals surface area contributed by atoms with Gasteiger partial charge in [-0.2, -0.15) is 5.10 Å². The fourth-order valence-corrected chi connectivity index (χ4v) is 3.17. The van der Waals surface area contributed by atoms with Crippen molar-refractivity contribution in [2.45, 2.75) is 6.92 Å². The maximum atomic E-state index is 12.5. The van der Waals surface area contributed by atoms with Crippen molar-refractivity contribution < 1.29 is 18.0 Å². The Morgan fingerprint density at radius 1 is 1.07 bits per heavy atom. The van der Waals surface area contributed by atoms with Crippen LogP contribution in [0.3, 0.4) is 0 Å². The topological polar surface area (TPSA) is 123 Å². The number of aryl methyl sites for hydroxylation is 2. The van der Waals surface area contributed by atoms with E-state index in [1.54, 1.807) is 36.5 Å². The largest absolute Gasteiger partial charge is 0.306 e. The van der Waals surface area contributed by atoms with Crippen LogP contribution in [0.4, 0.5) is 5.82 Å². The van der Waals surface area contributed by atoms with Crippen LogP contribution in [0.5, 0.6) is 0 Å². The SMILES string of the molecule is Cc1cccnc1NC(=O)c1ccc(-c2cnn(C)c2C(=O)NS(C)(=O)=O)cc1. The van der Waals surface area contributed by atoms with Crippen molar-refractivity contribution in [2.24, 2.45) is 7.05 Å². The first kappa shape index (κ1) is 20.2. The number of sulfonamides is 1. The highest BCUT2D eigenvalue weighted by molar-refractivity contribution is 7.89. The van der Waals surface area contributed by atoms with Gasteiger partial charge < -0.3 is 5.32 Å². The Bertz CT molecular complexity index is 1180. The Morgan fingerprint density at radius 3 is 2.38 bits per heavy atom. The first-order valence-corrected chi connectivity index (χ1v) is 10.4. The molecule has 2 aromatic heterocycles. The summed E-state index contributed by atoms with van der Waals surface area (Å²) in [6, 6.07) is 10.2. The summed E-state index contributed by atoms with van der Waals surface area (Å²) in [4.78, 5) is 28.9. The third-order valence-electron chi connectivity index (χ3n) is 4.13. The van der Waals surface area contributed by atoms with Crippen LogP contribution in [0.25, 0.3) is 11.1 Å². The van der Waals surface area contributed by atoms with Gasteiger partial charge in [0, 0.05) is 24.4 Å². The van der Waals surface area contributed by atoms with Gasteiger partial charge >= 0.3 is 0 Å². The van der Waals surface area contributed by atoms with E-state index in [2.05, 4.69) is 15.4 Å². The molecule has 0 atom stereocenters. The van der Waals surface area contributed by atoms with Gasteiger partial charge in [0.1, 0.15) is 11.5 Å². The smallest absolute Gasteiger partial charge is 0.283 e. The van der Waals surface area contributed by atoms with E-state index in [0.29, 0.717) is 22.5 Å². The van der Waals surface area contributed by atoms with Crippen molar-refractivity contribution in [3.05, 3.63) is 65.6 Å². The van der Waals surface area contributed by atoms with Gasteiger partial charge in [-0.1, -0.05) is 18.2 Å². The highest BCUT2D eigenvalue weighted by Gasteiger charge is 2.21. The summed E-state index contributed by atoms with van der Waals surface area (Å²) in [7, 11) is -2.18. The summed E-state index contributed by atoms with van der Waals surface area (Å²) in [6.07, 6.45) is 3.96. The van der Waals surface area contributed by atoms with Gasteiger partial charge in [-0.25, -0.2) is 18.1 Å². The van der Waals surface area contributed by atoms with Crippen molar-refractivity contribution >= 4 is 27.7 Å². The van der Waals surface area contributed by atoms with Crippen molar-refractivity contribution in [3.63, 3.8) is 0 Å². The second-order valence-corrected chi connectivity index (χ2v) is 8.18. The van der Waals surface area contributed by atoms with Crippen LogP contribution < -0.4 is 10.0 Å². The summed E-state index contributed by atoms with van der Waals surface area (Å²) in [5.74, 6) is -0.622. The van der Waals surface area contributed by atoms with E-state index in [4.69, 9.17) is 0 Å². The average molecular weight is 413 g/mol. The minimum atomic E-state index is -3.72. The zero-order chi connectivity index (χ0) is 21.2. The molecule has 0 aliphatic rings. The van der Waals surface area contributed by atoms with Gasteiger partial charge in [0.2, 0.25) is 10.0 Å². The Kier molecular flexibility index (Phi) is 5.46. The van der Waals surface area contributed by atoms with Crippen molar-refractivity contribution in [1.29, 1.82) is 0 Å². The molecule has 150 valence electrons. The molecule has 0 unspecified atom stereocenters. The number of nitrogens with one attached hydrogen (secondary N) is 2. The van der Waals surface area contributed by atoms with E-state index in [1.807, 2.05) is 17.7 Å². The van der Waals surface area contributed by atoms with E-state index < -0.39 is 15.9 Å². The first-order valence-electron chi connectivity index (χ1n) is 8.53. The number of hydrogen-bond donors (Lipinski definition) is 2. The molecule has 2 amide bonds. The highest BCUT2D eigenvalue weighted by Crippen LogP contribution is 2.24. The zero-order valence-corrected chi connectivity index (χ0v) is 16.8. The fraction of sp³-hybridized carbons (Fsp3) is 0.158. The molecular formula is C19H19N5O4S. The molecule has 10 heteroatoms. The summed E-state index contributed by atoms with van der Waals surface area (Å²) in [5.41, 5.74) is 2.40. The molecule has 0 saturated heterocycles. The lowest BCUT2D eigenvalue weighted by molar-refractivity contribution is 0.0971. The third-order valence-corrected chi connectivity index (χ3v) is 4.69. The predicted octanol–water partition coefficient (Wildman–Crippen LogP) is 1.73. The Hall–Kier alpha value is -3.53. The average Bonchev–Trinajstić information content (AvgIpc) is 3.04. The molecule has 0 bridgehead atoms. The lowest BCUT2D eigenvalue weighted by atomic mass is 10.0. The maximum absolute atomic E-state index is 12.5. The van der Waals surface area contributed by atoms with E-state index in [-0.39, 0.29) is 11.6 Å². The van der Waals surface area contributed by atoms with Gasteiger partial charge in [0.15, 0.2) is 0 Å². The van der Waals surface area contributed by atoms with Gasteiger partial charge in [0.05, 0.1) is 12.5 Å². The monoisotopic (exact) mass is 413 g/mol. The fourth-order valence-electron chi connectivity index (χ4n) is 2.73. The second-order valence-electron chi connectivity index (χ2n) is 6.43. The number of hydrogen-bond acceptors (Lipinski definition) is 6. The zero-order valence-electron chi connectivity index (χ0n) is 16.0. The molecule has 0 saturated carbocycles. The maximum Gasteiger partial charge on any atom is 0.283 e. The summed E-state index contributed by atoms with van der Waals surface area (Å²) in [5, 5.41) is 6.79. The number of carbonyl (C=O) groups excluding carboxylic acids is 2. The number of aromatic nitrogens is 3. The number of anilines is 1. The minimum Gasteiger partial charge on any atom is -0.306 e. The third kappa shape index (κ3) is 4.66. The number of pyridine rings is 1. The normalized spacial score (nSPS) is 11.1. The van der Waals surface area contributed by atoms with Crippen molar-refractivity contribution in [1.82, 2.24) is 19.5 Å². The molecule has 3 aromatic rings. The van der Waals surface area contributed by atoms with Gasteiger partial charge in [-0.15, -0.1) is 0 Å². The van der Waals surface area contributed by atoms with Crippen molar-refractivity contribution in [3.8, 4) is 11.1 Å². The Morgan fingerprint density at radius 2 is 1.76 bits per heavy atom. The number of benzene rings is 1. The standard InChI is InChI=1S/C19H19N5O4S/c1-12-5-4-10-20-17(12)22-18(25)14-8-6-13(7-9-14)15-11-21-24(2)16(15)19(26)23-29(3,27)28/h4-11H,1-3H3,(H,23,26)(H,20,22,25). The molecule has 2 heterocycles. The van der Waals surface area contributed by atoms with Gasteiger partial charge in [-0.3, -0.25) is 14.3 Å². The number of carbonyl (C=O) groups is 2. The van der Waals surface area contributed by atoms with E-state index in [9.17, 15) is 18.0 Å². The quantitative estimate of drug-likeness (QED) is 0.657. The molecule has 2 N–H and O–H groups in total.